The second kappa shape index (κ2) is 9.43. The number of nitrogens with one attached hydrogen (secondary N) is 2. The Kier molecular flexibility index (Phi) is 7.24. The van der Waals surface area contributed by atoms with E-state index in [4.69, 9.17) is 0 Å². The maximum atomic E-state index is 12.0. The molecule has 1 heterocycles. The molecule has 23 heavy (non-hydrogen) atoms. The highest BCUT2D eigenvalue weighted by molar-refractivity contribution is 5.16. The third-order valence-electron chi connectivity index (χ3n) is 4.12. The summed E-state index contributed by atoms with van der Waals surface area (Å²) in [5, 5.41) is 6.54. The molecule has 0 spiro atoms. The van der Waals surface area contributed by atoms with Crippen molar-refractivity contribution in [2.45, 2.75) is 26.4 Å². The fourth-order valence-corrected chi connectivity index (χ4v) is 2.53. The van der Waals surface area contributed by atoms with Gasteiger partial charge in [0.2, 0.25) is 0 Å². The van der Waals surface area contributed by atoms with E-state index in [0.29, 0.717) is 0 Å². The molecule has 3 rings (SSSR count). The van der Waals surface area contributed by atoms with Crippen molar-refractivity contribution in [2.75, 3.05) is 19.8 Å². The largest absolute Gasteiger partial charge is 0.316 e. The van der Waals surface area contributed by atoms with E-state index in [-0.39, 0.29) is 12.1 Å². The smallest absolute Gasteiger partial charge is 0.0960 e. The topological polar surface area (TPSA) is 24.1 Å². The van der Waals surface area contributed by atoms with Crippen LogP contribution < -0.4 is 10.6 Å². The van der Waals surface area contributed by atoms with Gasteiger partial charge in [0.1, 0.15) is 0 Å². The van der Waals surface area contributed by atoms with Crippen molar-refractivity contribution < 1.29 is 4.39 Å². The third-order valence-corrected chi connectivity index (χ3v) is 4.12. The molecule has 0 amide bonds. The molecule has 2 aromatic rings. The van der Waals surface area contributed by atoms with Gasteiger partial charge in [-0.1, -0.05) is 67.6 Å². The summed E-state index contributed by atoms with van der Waals surface area (Å²) in [5.74, 6) is 0. The van der Waals surface area contributed by atoms with Crippen LogP contribution in [0.15, 0.2) is 60.7 Å². The summed E-state index contributed by atoms with van der Waals surface area (Å²) in [6.45, 7) is 5.49. The Morgan fingerprint density at radius 1 is 0.957 bits per heavy atom. The summed E-state index contributed by atoms with van der Waals surface area (Å²) >= 11 is 0. The highest BCUT2D eigenvalue weighted by Gasteiger charge is 2.27. The molecule has 1 fully saturated rings. The summed E-state index contributed by atoms with van der Waals surface area (Å²) in [6.07, 6.45) is 0.990. The van der Waals surface area contributed by atoms with Gasteiger partial charge in [0.05, 0.1) is 6.67 Å². The first-order valence-electron chi connectivity index (χ1n) is 8.27. The molecule has 0 radical (unpaired) electrons. The Morgan fingerprint density at radius 3 is 1.83 bits per heavy atom. The number of hydrogen-bond donors (Lipinski definition) is 2. The lowest BCUT2D eigenvalue weighted by Crippen LogP contribution is -2.21. The van der Waals surface area contributed by atoms with Gasteiger partial charge in [-0.15, -0.1) is 0 Å². The number of hydrogen-bond acceptors (Lipinski definition) is 2. The van der Waals surface area contributed by atoms with Gasteiger partial charge in [-0.3, -0.25) is 4.39 Å². The van der Waals surface area contributed by atoms with Crippen molar-refractivity contribution in [1.29, 1.82) is 0 Å². The van der Waals surface area contributed by atoms with Gasteiger partial charge in [0, 0.05) is 25.0 Å². The van der Waals surface area contributed by atoms with E-state index in [0.717, 1.165) is 32.6 Å². The molecule has 1 saturated heterocycles. The van der Waals surface area contributed by atoms with Crippen LogP contribution in [0.2, 0.25) is 0 Å². The second-order valence-corrected chi connectivity index (χ2v) is 6.45. The molecule has 124 valence electrons. The molecule has 0 saturated carbocycles. The lowest BCUT2D eigenvalue weighted by Gasteiger charge is -2.15. The molecular formula is C20H27FN2. The molecule has 2 N–H and O–H groups in total. The minimum atomic E-state index is -0.181. The normalized spacial score (nSPS) is 19.9. The fourth-order valence-electron chi connectivity index (χ4n) is 2.53. The monoisotopic (exact) mass is 314 g/mol. The van der Waals surface area contributed by atoms with E-state index in [9.17, 15) is 4.39 Å². The Hall–Kier alpha value is -1.71. The lowest BCUT2D eigenvalue weighted by molar-refractivity contribution is 0.257. The van der Waals surface area contributed by atoms with Crippen LogP contribution in [0, 0.1) is 5.41 Å². The first kappa shape index (κ1) is 17.6. The quantitative estimate of drug-likeness (QED) is 0.874. The standard InChI is InChI=1S/C14H15N.C6H12FN/c1-3-7-13(8-4-1)11-15-12-14-9-5-2-6-10-14;1-6(4-7)2-3-8-5-6/h1-10,15H,11-12H2;8H,2-5H2,1H3. The number of benzene rings is 2. The van der Waals surface area contributed by atoms with Gasteiger partial charge in [-0.25, -0.2) is 0 Å². The molecule has 1 aliphatic heterocycles. The van der Waals surface area contributed by atoms with Gasteiger partial charge in [0.25, 0.3) is 0 Å². The fraction of sp³-hybridized carbons (Fsp3) is 0.400. The lowest BCUT2D eigenvalue weighted by atomic mass is 9.92. The van der Waals surface area contributed by atoms with Gasteiger partial charge in [-0.2, -0.15) is 0 Å². The summed E-state index contributed by atoms with van der Waals surface area (Å²) in [6, 6.07) is 20.9. The zero-order valence-electron chi connectivity index (χ0n) is 13.9. The molecule has 0 aliphatic carbocycles. The molecule has 0 bridgehead atoms. The summed E-state index contributed by atoms with van der Waals surface area (Å²) in [5.41, 5.74) is 2.61. The highest BCUT2D eigenvalue weighted by Crippen LogP contribution is 2.24. The maximum Gasteiger partial charge on any atom is 0.0960 e. The van der Waals surface area contributed by atoms with Gasteiger partial charge >= 0.3 is 0 Å². The molecule has 3 heteroatoms. The first-order valence-corrected chi connectivity index (χ1v) is 8.27. The van der Waals surface area contributed by atoms with Crippen LogP contribution in [0.25, 0.3) is 0 Å². The van der Waals surface area contributed by atoms with E-state index in [1.165, 1.54) is 11.1 Å². The van der Waals surface area contributed by atoms with E-state index in [1.807, 2.05) is 19.1 Å². The predicted molar refractivity (Wildman–Crippen MR) is 95.0 cm³/mol. The summed E-state index contributed by atoms with van der Waals surface area (Å²) < 4.78 is 12.0. The van der Waals surface area contributed by atoms with Crippen molar-refractivity contribution in [3.05, 3.63) is 71.8 Å². The molecular weight excluding hydrogens is 287 g/mol. The maximum absolute atomic E-state index is 12.0. The van der Waals surface area contributed by atoms with E-state index in [1.54, 1.807) is 0 Å². The van der Waals surface area contributed by atoms with E-state index in [2.05, 4.69) is 59.2 Å². The highest BCUT2D eigenvalue weighted by atomic mass is 19.1. The Labute approximate surface area is 139 Å². The van der Waals surface area contributed by atoms with Crippen LogP contribution in [0.1, 0.15) is 24.5 Å². The van der Waals surface area contributed by atoms with Crippen LogP contribution in [-0.2, 0) is 13.1 Å². The van der Waals surface area contributed by atoms with Crippen LogP contribution in [0.4, 0.5) is 4.39 Å². The molecule has 1 aliphatic rings. The SMILES string of the molecule is CC1(CF)CCNC1.c1ccc(CNCc2ccccc2)cc1. The van der Waals surface area contributed by atoms with E-state index >= 15 is 0 Å². The van der Waals surface area contributed by atoms with Crippen LogP contribution >= 0.6 is 0 Å². The molecule has 0 aromatic heterocycles. The Morgan fingerprint density at radius 2 is 1.48 bits per heavy atom. The zero-order chi connectivity index (χ0) is 16.4. The minimum absolute atomic E-state index is 0.0417. The Bertz CT molecular complexity index is 497. The average Bonchev–Trinajstić information content (AvgIpc) is 3.05. The summed E-state index contributed by atoms with van der Waals surface area (Å²) in [4.78, 5) is 0. The summed E-state index contributed by atoms with van der Waals surface area (Å²) in [7, 11) is 0. The van der Waals surface area contributed by atoms with Crippen molar-refractivity contribution in [3.63, 3.8) is 0 Å². The van der Waals surface area contributed by atoms with Crippen LogP contribution in [0.3, 0.4) is 0 Å². The number of halogens is 1. The molecule has 1 unspecified atom stereocenters. The molecule has 2 nitrogen and oxygen atoms in total. The van der Waals surface area contributed by atoms with Crippen LogP contribution in [-0.4, -0.2) is 19.8 Å². The molecule has 1 atom stereocenters. The predicted octanol–water partition coefficient (Wildman–Crippen LogP) is 3.93. The van der Waals surface area contributed by atoms with Crippen molar-refractivity contribution >= 4 is 0 Å². The number of alkyl halides is 1. The second-order valence-electron chi connectivity index (χ2n) is 6.45. The number of rotatable bonds is 5. The average molecular weight is 314 g/mol. The van der Waals surface area contributed by atoms with Crippen molar-refractivity contribution in [3.8, 4) is 0 Å². The van der Waals surface area contributed by atoms with Gasteiger partial charge < -0.3 is 10.6 Å². The first-order chi connectivity index (χ1) is 11.2. The van der Waals surface area contributed by atoms with Gasteiger partial charge in [-0.05, 0) is 24.1 Å². The zero-order valence-corrected chi connectivity index (χ0v) is 13.9. The van der Waals surface area contributed by atoms with Gasteiger partial charge in [0.15, 0.2) is 0 Å². The van der Waals surface area contributed by atoms with E-state index < -0.39 is 0 Å². The minimum Gasteiger partial charge on any atom is -0.316 e. The van der Waals surface area contributed by atoms with Crippen molar-refractivity contribution in [2.24, 2.45) is 5.41 Å². The Balaban J connectivity index is 0.000000203. The third kappa shape index (κ3) is 6.51. The van der Waals surface area contributed by atoms with Crippen molar-refractivity contribution in [1.82, 2.24) is 10.6 Å². The molecule has 2 aromatic carbocycles. The van der Waals surface area contributed by atoms with Crippen LogP contribution in [0.5, 0.6) is 0 Å².